The van der Waals surface area contributed by atoms with Crippen LogP contribution in [0.5, 0.6) is 0 Å². The van der Waals surface area contributed by atoms with Crippen molar-refractivity contribution in [2.75, 3.05) is 19.6 Å². The Balaban J connectivity index is 1.53. The maximum atomic E-state index is 14.4. The Bertz CT molecular complexity index is 1620. The van der Waals surface area contributed by atoms with Gasteiger partial charge in [0.2, 0.25) is 10.0 Å². The summed E-state index contributed by atoms with van der Waals surface area (Å²) in [4.78, 5) is 17.7. The van der Waals surface area contributed by atoms with Crippen LogP contribution >= 0.6 is 11.8 Å². The van der Waals surface area contributed by atoms with Crippen LogP contribution in [-0.4, -0.2) is 43.2 Å². The third-order valence-corrected chi connectivity index (χ3v) is 10.6. The molecular formula is C35H37FN2O3S2. The molecule has 43 heavy (non-hydrogen) atoms. The first-order chi connectivity index (χ1) is 20.7. The number of amides is 1. The van der Waals surface area contributed by atoms with Crippen LogP contribution in [0.3, 0.4) is 0 Å². The van der Waals surface area contributed by atoms with E-state index in [0.717, 1.165) is 22.4 Å². The highest BCUT2D eigenvalue weighted by molar-refractivity contribution is 7.99. The van der Waals surface area contributed by atoms with E-state index >= 15 is 0 Å². The van der Waals surface area contributed by atoms with Crippen molar-refractivity contribution < 1.29 is 17.6 Å². The van der Waals surface area contributed by atoms with Crippen molar-refractivity contribution in [3.05, 3.63) is 126 Å². The summed E-state index contributed by atoms with van der Waals surface area (Å²) in [6.45, 7) is 5.90. The lowest BCUT2D eigenvalue weighted by Crippen LogP contribution is -2.42. The lowest BCUT2D eigenvalue weighted by atomic mass is 9.94. The SMILES string of the molecule is C[C@@H]1C[C@@H](C)CN(S(=O)(=O)c2ccc(Sc3ccc(F)cc3)c(C(=O)N(CCc3ccccc3)Cc3ccccc3)c2)C1. The summed E-state index contributed by atoms with van der Waals surface area (Å²) in [5.74, 6) is -0.0802. The fraction of sp³-hybridized carbons (Fsp3) is 0.286. The van der Waals surface area contributed by atoms with Gasteiger partial charge in [0.1, 0.15) is 5.82 Å². The van der Waals surface area contributed by atoms with E-state index in [2.05, 4.69) is 13.8 Å². The highest BCUT2D eigenvalue weighted by Crippen LogP contribution is 2.35. The zero-order chi connectivity index (χ0) is 30.4. The van der Waals surface area contributed by atoms with E-state index < -0.39 is 10.0 Å². The number of benzene rings is 4. The Morgan fingerprint density at radius 3 is 2.09 bits per heavy atom. The fourth-order valence-electron chi connectivity index (χ4n) is 5.64. The number of carbonyl (C=O) groups excluding carboxylic acids is 1. The van der Waals surface area contributed by atoms with Crippen molar-refractivity contribution in [2.45, 2.75) is 47.9 Å². The van der Waals surface area contributed by atoms with Gasteiger partial charge in [0.15, 0.2) is 0 Å². The summed E-state index contributed by atoms with van der Waals surface area (Å²) in [5, 5.41) is 0. The van der Waals surface area contributed by atoms with Gasteiger partial charge in [-0.15, -0.1) is 0 Å². The molecule has 4 aromatic carbocycles. The number of nitrogens with zero attached hydrogens (tertiary/aromatic N) is 2. The molecule has 0 aromatic heterocycles. The van der Waals surface area contributed by atoms with E-state index in [1.165, 1.54) is 30.0 Å². The van der Waals surface area contributed by atoms with Gasteiger partial charge in [0, 0.05) is 36.0 Å². The number of hydrogen-bond acceptors (Lipinski definition) is 4. The summed E-state index contributed by atoms with van der Waals surface area (Å²) in [5.41, 5.74) is 2.41. The minimum Gasteiger partial charge on any atom is -0.334 e. The third-order valence-electron chi connectivity index (χ3n) is 7.71. The summed E-state index contributed by atoms with van der Waals surface area (Å²) >= 11 is 1.32. The van der Waals surface area contributed by atoms with Crippen LogP contribution in [0.15, 0.2) is 118 Å². The molecule has 2 atom stereocenters. The maximum Gasteiger partial charge on any atom is 0.255 e. The van der Waals surface area contributed by atoms with Crippen molar-refractivity contribution in [3.63, 3.8) is 0 Å². The van der Waals surface area contributed by atoms with Crippen molar-refractivity contribution >= 4 is 27.7 Å². The Kier molecular flexibility index (Phi) is 10.0. The fourth-order valence-corrected chi connectivity index (χ4v) is 8.27. The Morgan fingerprint density at radius 1 is 0.860 bits per heavy atom. The van der Waals surface area contributed by atoms with E-state index in [1.807, 2.05) is 60.7 Å². The molecule has 0 aliphatic carbocycles. The molecule has 1 saturated heterocycles. The molecule has 0 saturated carbocycles. The zero-order valence-electron chi connectivity index (χ0n) is 24.5. The lowest BCUT2D eigenvalue weighted by molar-refractivity contribution is 0.0741. The monoisotopic (exact) mass is 616 g/mol. The van der Waals surface area contributed by atoms with E-state index in [0.29, 0.717) is 43.1 Å². The van der Waals surface area contributed by atoms with Gasteiger partial charge in [-0.05, 0) is 78.3 Å². The van der Waals surface area contributed by atoms with Gasteiger partial charge in [-0.3, -0.25) is 4.79 Å². The molecule has 1 fully saturated rings. The van der Waals surface area contributed by atoms with E-state index in [-0.39, 0.29) is 28.5 Å². The number of rotatable bonds is 10. The van der Waals surface area contributed by atoms with Gasteiger partial charge in [-0.2, -0.15) is 4.31 Å². The van der Waals surface area contributed by atoms with Crippen molar-refractivity contribution in [1.29, 1.82) is 0 Å². The van der Waals surface area contributed by atoms with Crippen LogP contribution < -0.4 is 0 Å². The first-order valence-electron chi connectivity index (χ1n) is 14.6. The molecule has 0 bridgehead atoms. The molecule has 0 N–H and O–H groups in total. The van der Waals surface area contributed by atoms with Crippen molar-refractivity contribution in [3.8, 4) is 0 Å². The smallest absolute Gasteiger partial charge is 0.255 e. The van der Waals surface area contributed by atoms with Crippen molar-refractivity contribution in [1.82, 2.24) is 9.21 Å². The minimum atomic E-state index is -3.82. The van der Waals surface area contributed by atoms with E-state index in [9.17, 15) is 17.6 Å². The van der Waals surface area contributed by atoms with Crippen LogP contribution in [0.25, 0.3) is 0 Å². The van der Waals surface area contributed by atoms with Crippen LogP contribution in [0.4, 0.5) is 4.39 Å². The van der Waals surface area contributed by atoms with Crippen LogP contribution in [0.1, 0.15) is 41.8 Å². The number of halogens is 1. The zero-order valence-corrected chi connectivity index (χ0v) is 26.2. The summed E-state index contributed by atoms with van der Waals surface area (Å²) in [6.07, 6.45) is 1.64. The summed E-state index contributed by atoms with van der Waals surface area (Å²) in [7, 11) is -3.82. The van der Waals surface area contributed by atoms with E-state index in [4.69, 9.17) is 0 Å². The second-order valence-electron chi connectivity index (χ2n) is 11.4. The van der Waals surface area contributed by atoms with Crippen molar-refractivity contribution in [2.24, 2.45) is 11.8 Å². The molecule has 0 radical (unpaired) electrons. The molecule has 1 aliphatic rings. The predicted octanol–water partition coefficient (Wildman–Crippen LogP) is 7.53. The number of piperidine rings is 1. The molecule has 5 rings (SSSR count). The third kappa shape index (κ3) is 7.93. The predicted molar refractivity (Wildman–Crippen MR) is 170 cm³/mol. The lowest BCUT2D eigenvalue weighted by Gasteiger charge is -2.34. The highest BCUT2D eigenvalue weighted by Gasteiger charge is 2.33. The molecule has 0 unspecified atom stereocenters. The quantitative estimate of drug-likeness (QED) is 0.185. The first-order valence-corrected chi connectivity index (χ1v) is 16.9. The molecule has 1 aliphatic heterocycles. The number of sulfonamides is 1. The molecule has 4 aromatic rings. The van der Waals surface area contributed by atoms with Gasteiger partial charge in [0.05, 0.1) is 10.5 Å². The second kappa shape index (κ2) is 13.9. The van der Waals surface area contributed by atoms with Gasteiger partial charge in [-0.25, -0.2) is 12.8 Å². The summed E-state index contributed by atoms with van der Waals surface area (Å²) < 4.78 is 43.0. The largest absolute Gasteiger partial charge is 0.334 e. The first kappa shape index (κ1) is 31.0. The maximum absolute atomic E-state index is 14.4. The average Bonchev–Trinajstić information content (AvgIpc) is 3.00. The molecule has 0 spiro atoms. The van der Waals surface area contributed by atoms with Gasteiger partial charge >= 0.3 is 0 Å². The highest BCUT2D eigenvalue weighted by atomic mass is 32.2. The molecule has 1 amide bonds. The molecule has 224 valence electrons. The van der Waals surface area contributed by atoms with E-state index in [1.54, 1.807) is 33.5 Å². The molecule has 5 nitrogen and oxygen atoms in total. The van der Waals surface area contributed by atoms with Gasteiger partial charge < -0.3 is 4.90 Å². The summed E-state index contributed by atoms with van der Waals surface area (Å²) in [6, 6.07) is 30.7. The van der Waals surface area contributed by atoms with Crippen LogP contribution in [0.2, 0.25) is 0 Å². The second-order valence-corrected chi connectivity index (χ2v) is 14.5. The van der Waals surface area contributed by atoms with Gasteiger partial charge in [0.25, 0.3) is 5.91 Å². The molecule has 8 heteroatoms. The van der Waals surface area contributed by atoms with Crippen LogP contribution in [0, 0.1) is 17.7 Å². The number of hydrogen-bond donors (Lipinski definition) is 0. The standard InChI is InChI=1S/C35H37FN2O3S2/c1-26-21-27(2)24-38(23-26)43(40,41)32-17-18-34(42-31-15-13-30(36)14-16-31)33(22-32)35(39)37(25-29-11-7-4-8-12-29)20-19-28-9-5-3-6-10-28/h3-18,22,26-27H,19-21,23-25H2,1-2H3/t26-,27-/m1/s1. The Morgan fingerprint density at radius 2 is 1.47 bits per heavy atom. The minimum absolute atomic E-state index is 0.114. The average molecular weight is 617 g/mol. The Hall–Kier alpha value is -3.46. The number of carbonyl (C=O) groups is 1. The topological polar surface area (TPSA) is 57.7 Å². The molecular weight excluding hydrogens is 580 g/mol. The molecule has 1 heterocycles. The van der Waals surface area contributed by atoms with Gasteiger partial charge in [-0.1, -0.05) is 86.3 Å². The normalized spacial score (nSPS) is 17.5. The van der Waals surface area contributed by atoms with Crippen LogP contribution in [-0.2, 0) is 23.0 Å². The Labute approximate surface area is 258 Å².